The molecule has 1 aliphatic rings. The molecule has 2 heterocycles. The lowest BCUT2D eigenvalue weighted by atomic mass is 10.0. The lowest BCUT2D eigenvalue weighted by Crippen LogP contribution is -2.13. The average Bonchev–Trinajstić information content (AvgIpc) is 2.65. The van der Waals surface area contributed by atoms with Crippen LogP contribution in [-0.4, -0.2) is 22.4 Å². The number of carbonyl (C=O) groups is 1. The van der Waals surface area contributed by atoms with Crippen molar-refractivity contribution < 1.29 is 9.32 Å². The van der Waals surface area contributed by atoms with Crippen molar-refractivity contribution in [3.8, 4) is 0 Å². The first-order valence-corrected chi connectivity index (χ1v) is 5.00. The molecule has 1 aliphatic heterocycles. The third-order valence-electron chi connectivity index (χ3n) is 1.98. The third-order valence-corrected chi connectivity index (χ3v) is 3.11. The van der Waals surface area contributed by atoms with Crippen LogP contribution in [0, 0.1) is 5.92 Å². The summed E-state index contributed by atoms with van der Waals surface area (Å²) in [7, 11) is 0. The zero-order valence-corrected chi connectivity index (χ0v) is 7.34. The molecule has 1 atom stereocenters. The topological polar surface area (TPSA) is 43.1 Å². The van der Waals surface area contributed by atoms with Crippen LogP contribution >= 0.6 is 11.8 Å². The molecular weight excluding hydrogens is 174 g/mol. The zero-order chi connectivity index (χ0) is 8.39. The first-order chi connectivity index (χ1) is 5.86. The monoisotopic (exact) mass is 183 g/mol. The smallest absolute Gasteiger partial charge is 0.146 e. The number of ketones is 1. The minimum absolute atomic E-state index is 0.189. The van der Waals surface area contributed by atoms with Crippen molar-refractivity contribution in [3.05, 3.63) is 18.0 Å². The van der Waals surface area contributed by atoms with Gasteiger partial charge in [0.05, 0.1) is 11.9 Å². The van der Waals surface area contributed by atoms with E-state index in [4.69, 9.17) is 4.52 Å². The van der Waals surface area contributed by atoms with Crippen molar-refractivity contribution in [2.45, 2.75) is 6.42 Å². The molecule has 1 fully saturated rings. The number of rotatable bonds is 2. The quantitative estimate of drug-likeness (QED) is 0.689. The van der Waals surface area contributed by atoms with Crippen LogP contribution in [0.5, 0.6) is 0 Å². The third kappa shape index (κ3) is 1.53. The maximum Gasteiger partial charge on any atom is 0.146 e. The molecule has 0 N–H and O–H groups in total. The summed E-state index contributed by atoms with van der Waals surface area (Å²) in [6, 6.07) is 0. The molecular formula is C8H9NO2S. The maximum absolute atomic E-state index is 11.2. The van der Waals surface area contributed by atoms with Crippen LogP contribution < -0.4 is 0 Å². The van der Waals surface area contributed by atoms with Crippen molar-refractivity contribution in [1.29, 1.82) is 0 Å². The summed E-state index contributed by atoms with van der Waals surface area (Å²) < 4.78 is 4.69. The minimum Gasteiger partial charge on any atom is -0.364 e. The summed E-state index contributed by atoms with van der Waals surface area (Å²) in [6.07, 6.45) is 4.07. The lowest BCUT2D eigenvalue weighted by Gasteiger charge is -2.02. The van der Waals surface area contributed by atoms with Gasteiger partial charge in [0.15, 0.2) is 0 Å². The van der Waals surface area contributed by atoms with Gasteiger partial charge < -0.3 is 4.52 Å². The SMILES string of the molecule is O=C1CSCC1Cc1cnoc1. The Bertz CT molecular complexity index is 271. The Morgan fingerprint density at radius 3 is 3.25 bits per heavy atom. The Kier molecular flexibility index (Phi) is 2.17. The Labute approximate surface area is 74.5 Å². The first-order valence-electron chi connectivity index (χ1n) is 3.85. The predicted octanol–water partition coefficient (Wildman–Crippen LogP) is 1.15. The van der Waals surface area contributed by atoms with E-state index < -0.39 is 0 Å². The highest BCUT2D eigenvalue weighted by molar-refractivity contribution is 8.00. The molecule has 12 heavy (non-hydrogen) atoms. The summed E-state index contributed by atoms with van der Waals surface area (Å²) in [4.78, 5) is 11.2. The van der Waals surface area contributed by atoms with Crippen molar-refractivity contribution in [2.24, 2.45) is 5.92 Å². The fourth-order valence-corrected chi connectivity index (χ4v) is 2.44. The van der Waals surface area contributed by atoms with E-state index in [1.165, 1.54) is 0 Å². The van der Waals surface area contributed by atoms with E-state index in [2.05, 4.69) is 5.16 Å². The highest BCUT2D eigenvalue weighted by Gasteiger charge is 2.25. The summed E-state index contributed by atoms with van der Waals surface area (Å²) in [5.74, 6) is 2.18. The zero-order valence-electron chi connectivity index (χ0n) is 6.53. The number of hydrogen-bond donors (Lipinski definition) is 0. The van der Waals surface area contributed by atoms with Gasteiger partial charge in [-0.3, -0.25) is 4.79 Å². The molecule has 1 unspecified atom stereocenters. The van der Waals surface area contributed by atoms with E-state index in [1.54, 1.807) is 24.2 Å². The molecule has 4 heteroatoms. The van der Waals surface area contributed by atoms with Gasteiger partial charge in [-0.05, 0) is 6.42 Å². The highest BCUT2D eigenvalue weighted by atomic mass is 32.2. The van der Waals surface area contributed by atoms with E-state index in [0.717, 1.165) is 17.7 Å². The second kappa shape index (κ2) is 3.31. The molecule has 0 saturated carbocycles. The maximum atomic E-state index is 11.2. The average molecular weight is 183 g/mol. The number of aromatic nitrogens is 1. The molecule has 2 rings (SSSR count). The Balaban J connectivity index is 1.99. The number of nitrogens with zero attached hydrogens (tertiary/aromatic N) is 1. The van der Waals surface area contributed by atoms with Gasteiger partial charge in [-0.2, -0.15) is 11.8 Å². The molecule has 0 amide bonds. The molecule has 1 saturated heterocycles. The van der Waals surface area contributed by atoms with Crippen LogP contribution in [0.25, 0.3) is 0 Å². The van der Waals surface area contributed by atoms with Gasteiger partial charge in [0.25, 0.3) is 0 Å². The van der Waals surface area contributed by atoms with Gasteiger partial charge in [0.1, 0.15) is 12.0 Å². The molecule has 1 aromatic heterocycles. The summed E-state index contributed by atoms with van der Waals surface area (Å²) in [5, 5.41) is 3.60. The van der Waals surface area contributed by atoms with E-state index >= 15 is 0 Å². The summed E-state index contributed by atoms with van der Waals surface area (Å²) in [6.45, 7) is 0. The second-order valence-electron chi connectivity index (χ2n) is 2.92. The van der Waals surface area contributed by atoms with Gasteiger partial charge in [-0.1, -0.05) is 5.16 Å². The molecule has 64 valence electrons. The van der Waals surface area contributed by atoms with Gasteiger partial charge in [-0.15, -0.1) is 0 Å². The van der Waals surface area contributed by atoms with Crippen LogP contribution in [0.3, 0.4) is 0 Å². The van der Waals surface area contributed by atoms with Crippen LogP contribution in [0.1, 0.15) is 5.56 Å². The molecule has 0 bridgehead atoms. The summed E-state index contributed by atoms with van der Waals surface area (Å²) >= 11 is 1.71. The van der Waals surface area contributed by atoms with Crippen LogP contribution in [-0.2, 0) is 11.2 Å². The van der Waals surface area contributed by atoms with E-state index in [1.807, 2.05) is 0 Å². The minimum atomic E-state index is 0.189. The number of thioether (sulfide) groups is 1. The van der Waals surface area contributed by atoms with E-state index in [0.29, 0.717) is 11.5 Å². The first kappa shape index (κ1) is 7.86. The fourth-order valence-electron chi connectivity index (χ4n) is 1.30. The van der Waals surface area contributed by atoms with Crippen LogP contribution in [0.4, 0.5) is 0 Å². The number of carbonyl (C=O) groups excluding carboxylic acids is 1. The molecule has 1 aromatic rings. The van der Waals surface area contributed by atoms with Gasteiger partial charge >= 0.3 is 0 Å². The molecule has 0 aliphatic carbocycles. The normalized spacial score (nSPS) is 23.3. The van der Waals surface area contributed by atoms with Crippen molar-refractivity contribution in [3.63, 3.8) is 0 Å². The predicted molar refractivity (Wildman–Crippen MR) is 46.0 cm³/mol. The largest absolute Gasteiger partial charge is 0.364 e. The van der Waals surface area contributed by atoms with Gasteiger partial charge in [0, 0.05) is 17.2 Å². The lowest BCUT2D eigenvalue weighted by molar-refractivity contribution is -0.119. The standard InChI is InChI=1S/C8H9NO2S/c10-8-5-12-4-7(8)1-6-2-9-11-3-6/h2-3,7H,1,4-5H2. The Morgan fingerprint density at radius 1 is 1.75 bits per heavy atom. The fraction of sp³-hybridized carbons (Fsp3) is 0.500. The van der Waals surface area contributed by atoms with Crippen LogP contribution in [0.2, 0.25) is 0 Å². The molecule has 3 nitrogen and oxygen atoms in total. The van der Waals surface area contributed by atoms with Crippen molar-refractivity contribution >= 4 is 17.5 Å². The van der Waals surface area contributed by atoms with Gasteiger partial charge in [0.2, 0.25) is 0 Å². The number of Topliss-reactive ketones (excluding diaryl/α,β-unsaturated/α-hetero) is 1. The number of hydrogen-bond acceptors (Lipinski definition) is 4. The van der Waals surface area contributed by atoms with E-state index in [-0.39, 0.29) is 5.92 Å². The van der Waals surface area contributed by atoms with Gasteiger partial charge in [-0.25, -0.2) is 0 Å². The van der Waals surface area contributed by atoms with E-state index in [9.17, 15) is 4.79 Å². The second-order valence-corrected chi connectivity index (χ2v) is 3.95. The molecule has 0 aromatic carbocycles. The molecule has 0 spiro atoms. The Morgan fingerprint density at radius 2 is 2.67 bits per heavy atom. The van der Waals surface area contributed by atoms with Crippen LogP contribution in [0.15, 0.2) is 17.0 Å². The Hall–Kier alpha value is -0.770. The summed E-state index contributed by atoms with van der Waals surface area (Å²) in [5.41, 5.74) is 1.02. The van der Waals surface area contributed by atoms with Crippen molar-refractivity contribution in [1.82, 2.24) is 5.16 Å². The van der Waals surface area contributed by atoms with Crippen molar-refractivity contribution in [2.75, 3.05) is 11.5 Å². The molecule has 0 radical (unpaired) electrons. The highest BCUT2D eigenvalue weighted by Crippen LogP contribution is 2.23.